The number of hydrogen-bond donors (Lipinski definition) is 4. The molecule has 5 heteroatoms. The highest BCUT2D eigenvalue weighted by atomic mass is 16.5. The van der Waals surface area contributed by atoms with Gasteiger partial charge in [0.15, 0.2) is 0 Å². The number of fused-ring (bicyclic) bond motifs is 1. The first-order valence-electron chi connectivity index (χ1n) is 9.89. The lowest BCUT2D eigenvalue weighted by atomic mass is 10.0. The number of aryl methyl sites for hydroxylation is 1. The summed E-state index contributed by atoms with van der Waals surface area (Å²) in [5.41, 5.74) is 7.93. The molecule has 0 atom stereocenters. The summed E-state index contributed by atoms with van der Waals surface area (Å²) in [5, 5.41) is 13.4. The molecule has 3 rings (SSSR count). The average Bonchev–Trinajstić information content (AvgIpc) is 3.09. The van der Waals surface area contributed by atoms with Crippen LogP contribution in [-0.2, 0) is 24.2 Å². The van der Waals surface area contributed by atoms with Crippen LogP contribution in [0.1, 0.15) is 48.6 Å². The van der Waals surface area contributed by atoms with Gasteiger partial charge < -0.3 is 10.3 Å². The summed E-state index contributed by atoms with van der Waals surface area (Å²) < 4.78 is 0. The van der Waals surface area contributed by atoms with Crippen LogP contribution in [0.4, 0.5) is 0 Å². The number of aromatic amines is 1. The van der Waals surface area contributed by atoms with Crippen LogP contribution in [0, 0.1) is 0 Å². The molecule has 4 N–H and O–H groups in total. The molecule has 0 saturated carbocycles. The maximum absolute atomic E-state index is 11.1. The van der Waals surface area contributed by atoms with Crippen LogP contribution in [0.15, 0.2) is 48.5 Å². The van der Waals surface area contributed by atoms with Crippen LogP contribution in [0.5, 0.6) is 0 Å². The van der Waals surface area contributed by atoms with Gasteiger partial charge in [-0.3, -0.25) is 10.0 Å². The zero-order chi connectivity index (χ0) is 19.9. The number of carbonyl (C=O) groups excluding carboxylic acids is 1. The number of nitrogens with one attached hydrogen (secondary N) is 3. The molecule has 1 aromatic heterocycles. The Labute approximate surface area is 166 Å². The van der Waals surface area contributed by atoms with Crippen LogP contribution < -0.4 is 10.8 Å². The molecule has 0 aliphatic carbocycles. The van der Waals surface area contributed by atoms with E-state index in [0.717, 1.165) is 25.1 Å². The summed E-state index contributed by atoms with van der Waals surface area (Å²) in [7, 11) is 0. The first kappa shape index (κ1) is 20.1. The molecule has 0 aliphatic heterocycles. The van der Waals surface area contributed by atoms with Gasteiger partial charge in [-0.2, -0.15) is 0 Å². The predicted octanol–water partition coefficient (Wildman–Crippen LogP) is 4.06. The summed E-state index contributed by atoms with van der Waals surface area (Å²) in [6.07, 6.45) is 1.90. The largest absolute Gasteiger partial charge is 0.358 e. The molecule has 1 amide bonds. The van der Waals surface area contributed by atoms with Crippen LogP contribution >= 0.6 is 0 Å². The van der Waals surface area contributed by atoms with Gasteiger partial charge in [0.2, 0.25) is 5.91 Å². The zero-order valence-electron chi connectivity index (χ0n) is 16.6. The Morgan fingerprint density at radius 1 is 1.04 bits per heavy atom. The van der Waals surface area contributed by atoms with E-state index in [9.17, 15) is 4.79 Å². The van der Waals surface area contributed by atoms with E-state index in [4.69, 9.17) is 5.21 Å². The van der Waals surface area contributed by atoms with Crippen molar-refractivity contribution in [3.63, 3.8) is 0 Å². The van der Waals surface area contributed by atoms with Crippen molar-refractivity contribution < 1.29 is 10.0 Å². The minimum atomic E-state index is -0.358. The highest BCUT2D eigenvalue weighted by molar-refractivity contribution is 5.84. The first-order chi connectivity index (χ1) is 13.6. The molecule has 0 unspecified atom stereocenters. The van der Waals surface area contributed by atoms with Crippen molar-refractivity contribution in [1.82, 2.24) is 15.8 Å². The fourth-order valence-electron chi connectivity index (χ4n) is 3.57. The minimum Gasteiger partial charge on any atom is -0.358 e. The number of para-hydroxylation sites is 1. The Balaban J connectivity index is 1.53. The number of carbonyl (C=O) groups is 1. The Morgan fingerprint density at radius 2 is 1.75 bits per heavy atom. The molecular formula is C23H29N3O2. The lowest BCUT2D eigenvalue weighted by Crippen LogP contribution is -2.18. The third-order valence-electron chi connectivity index (χ3n) is 5.09. The molecule has 0 bridgehead atoms. The van der Waals surface area contributed by atoms with Crippen LogP contribution in [0.3, 0.4) is 0 Å². The highest BCUT2D eigenvalue weighted by Gasteiger charge is 2.13. The molecule has 1 heterocycles. The monoisotopic (exact) mass is 379 g/mol. The van der Waals surface area contributed by atoms with Gasteiger partial charge >= 0.3 is 0 Å². The minimum absolute atomic E-state index is 0.289. The lowest BCUT2D eigenvalue weighted by Gasteiger charge is -2.10. The number of hydrogen-bond acceptors (Lipinski definition) is 3. The average molecular weight is 380 g/mol. The van der Waals surface area contributed by atoms with Gasteiger partial charge in [-0.05, 0) is 48.1 Å². The van der Waals surface area contributed by atoms with E-state index in [0.29, 0.717) is 12.3 Å². The Morgan fingerprint density at radius 3 is 2.46 bits per heavy atom. The van der Waals surface area contributed by atoms with Crippen molar-refractivity contribution in [2.75, 3.05) is 6.54 Å². The smallest absolute Gasteiger partial charge is 0.243 e. The van der Waals surface area contributed by atoms with E-state index in [1.165, 1.54) is 27.7 Å². The van der Waals surface area contributed by atoms with E-state index in [1.807, 2.05) is 12.1 Å². The second-order valence-electron chi connectivity index (χ2n) is 7.50. The standard InChI is InChI=1S/C23H29N3O2/c1-16(2)23-20(19-5-3-4-6-21(19)25-23)13-14-24-15-18-9-7-17(8-10-18)11-12-22(27)26-28/h3-10,16,24-25,28H,11-15H2,1-2H3,(H,26,27). The summed E-state index contributed by atoms with van der Waals surface area (Å²) in [5.74, 6) is 0.117. The van der Waals surface area contributed by atoms with Crippen molar-refractivity contribution in [2.24, 2.45) is 0 Å². The second-order valence-corrected chi connectivity index (χ2v) is 7.50. The quantitative estimate of drug-likeness (QED) is 0.257. The van der Waals surface area contributed by atoms with Crippen molar-refractivity contribution in [1.29, 1.82) is 0 Å². The van der Waals surface area contributed by atoms with E-state index in [1.54, 1.807) is 5.48 Å². The van der Waals surface area contributed by atoms with E-state index in [2.05, 4.69) is 60.5 Å². The maximum Gasteiger partial charge on any atom is 0.243 e. The normalized spacial score (nSPS) is 11.3. The van der Waals surface area contributed by atoms with Gasteiger partial charge in [0.25, 0.3) is 0 Å². The van der Waals surface area contributed by atoms with Crippen molar-refractivity contribution in [3.8, 4) is 0 Å². The van der Waals surface area contributed by atoms with E-state index < -0.39 is 0 Å². The van der Waals surface area contributed by atoms with Crippen LogP contribution in [0.25, 0.3) is 10.9 Å². The number of benzene rings is 2. The lowest BCUT2D eigenvalue weighted by molar-refractivity contribution is -0.129. The van der Waals surface area contributed by atoms with Gasteiger partial charge in [0, 0.05) is 29.6 Å². The molecule has 0 spiro atoms. The summed E-state index contributed by atoms with van der Waals surface area (Å²) in [6.45, 7) is 6.19. The third kappa shape index (κ3) is 5.00. The molecule has 148 valence electrons. The summed E-state index contributed by atoms with van der Waals surface area (Å²) >= 11 is 0. The molecular weight excluding hydrogens is 350 g/mol. The van der Waals surface area contributed by atoms with Gasteiger partial charge in [-0.25, -0.2) is 5.48 Å². The van der Waals surface area contributed by atoms with Crippen molar-refractivity contribution >= 4 is 16.8 Å². The molecule has 28 heavy (non-hydrogen) atoms. The van der Waals surface area contributed by atoms with Crippen molar-refractivity contribution in [3.05, 3.63) is 70.9 Å². The topological polar surface area (TPSA) is 77.2 Å². The van der Waals surface area contributed by atoms with Gasteiger partial charge in [0.1, 0.15) is 0 Å². The zero-order valence-corrected chi connectivity index (χ0v) is 16.6. The van der Waals surface area contributed by atoms with Gasteiger partial charge in [-0.15, -0.1) is 0 Å². The maximum atomic E-state index is 11.1. The fraction of sp³-hybridized carbons (Fsp3) is 0.348. The molecule has 0 radical (unpaired) electrons. The number of amides is 1. The summed E-state index contributed by atoms with van der Waals surface area (Å²) in [4.78, 5) is 14.7. The number of rotatable bonds is 9. The predicted molar refractivity (Wildman–Crippen MR) is 112 cm³/mol. The van der Waals surface area contributed by atoms with E-state index >= 15 is 0 Å². The molecule has 2 aromatic carbocycles. The Hall–Kier alpha value is -2.63. The molecule has 0 fully saturated rings. The SMILES string of the molecule is CC(C)c1[nH]c2ccccc2c1CCNCc1ccc(CCC(=O)NO)cc1. The highest BCUT2D eigenvalue weighted by Crippen LogP contribution is 2.27. The van der Waals surface area contributed by atoms with Gasteiger partial charge in [0.05, 0.1) is 0 Å². The number of H-pyrrole nitrogens is 1. The third-order valence-corrected chi connectivity index (χ3v) is 5.09. The van der Waals surface area contributed by atoms with Gasteiger partial charge in [-0.1, -0.05) is 56.3 Å². The molecule has 0 saturated heterocycles. The van der Waals surface area contributed by atoms with Crippen LogP contribution in [0.2, 0.25) is 0 Å². The molecule has 3 aromatic rings. The van der Waals surface area contributed by atoms with Crippen molar-refractivity contribution in [2.45, 2.75) is 45.6 Å². The summed E-state index contributed by atoms with van der Waals surface area (Å²) in [6, 6.07) is 16.8. The van der Waals surface area contributed by atoms with Crippen LogP contribution in [-0.4, -0.2) is 22.6 Å². The number of aromatic nitrogens is 1. The molecule has 5 nitrogen and oxygen atoms in total. The van der Waals surface area contributed by atoms with E-state index in [-0.39, 0.29) is 12.3 Å². The fourth-order valence-corrected chi connectivity index (χ4v) is 3.57. The second kappa shape index (κ2) is 9.53. The first-order valence-corrected chi connectivity index (χ1v) is 9.89. The molecule has 0 aliphatic rings. The number of hydroxylamine groups is 1. The Bertz CT molecular complexity index is 913. The Kier molecular flexibility index (Phi) is 6.85.